The van der Waals surface area contributed by atoms with E-state index in [0.29, 0.717) is 36.8 Å². The number of likely N-dealkylation sites (tertiary alicyclic amines) is 1. The standard InChI is InChI=1S/C28H30N4O3/c1-19-5-9-22(10-6-19)25-26(23-11-7-20(15-29)8-12-23)31-24(16-30-25)34-18-21-13-14-32(17-21)27(33)35-28(2,3)4/h5-12,16,21H,13-14,17-18H2,1-4H3/t21-/m1/s1. The summed E-state index contributed by atoms with van der Waals surface area (Å²) >= 11 is 0. The van der Waals surface area contributed by atoms with E-state index in [0.717, 1.165) is 23.2 Å². The highest BCUT2D eigenvalue weighted by atomic mass is 16.6. The van der Waals surface area contributed by atoms with Crippen molar-refractivity contribution in [2.24, 2.45) is 5.92 Å². The normalized spacial score (nSPS) is 15.5. The van der Waals surface area contributed by atoms with Crippen molar-refractivity contribution in [1.29, 1.82) is 5.26 Å². The van der Waals surface area contributed by atoms with Gasteiger partial charge in [0.1, 0.15) is 11.3 Å². The predicted molar refractivity (Wildman–Crippen MR) is 134 cm³/mol. The van der Waals surface area contributed by atoms with Crippen LogP contribution in [0.15, 0.2) is 54.7 Å². The van der Waals surface area contributed by atoms with Crippen LogP contribution in [0.3, 0.4) is 0 Å². The first kappa shape index (κ1) is 24.2. The summed E-state index contributed by atoms with van der Waals surface area (Å²) in [6, 6.07) is 17.6. The summed E-state index contributed by atoms with van der Waals surface area (Å²) in [7, 11) is 0. The van der Waals surface area contributed by atoms with Crippen molar-refractivity contribution < 1.29 is 14.3 Å². The van der Waals surface area contributed by atoms with Gasteiger partial charge in [0.15, 0.2) is 0 Å². The Bertz CT molecular complexity index is 1230. The number of aryl methyl sites for hydroxylation is 1. The molecule has 0 radical (unpaired) electrons. The lowest BCUT2D eigenvalue weighted by molar-refractivity contribution is 0.0284. The third-order valence-electron chi connectivity index (χ3n) is 5.77. The van der Waals surface area contributed by atoms with E-state index in [2.05, 4.69) is 11.1 Å². The van der Waals surface area contributed by atoms with E-state index >= 15 is 0 Å². The number of aromatic nitrogens is 2. The van der Waals surface area contributed by atoms with Crippen LogP contribution in [0.1, 0.15) is 38.3 Å². The molecule has 1 amide bonds. The first-order chi connectivity index (χ1) is 16.7. The van der Waals surface area contributed by atoms with Crippen LogP contribution < -0.4 is 4.74 Å². The molecule has 0 spiro atoms. The number of ether oxygens (including phenoxy) is 2. The van der Waals surface area contributed by atoms with Gasteiger partial charge in [0.2, 0.25) is 5.88 Å². The van der Waals surface area contributed by atoms with E-state index in [1.165, 1.54) is 5.56 Å². The Morgan fingerprint density at radius 1 is 1.09 bits per heavy atom. The van der Waals surface area contributed by atoms with E-state index in [4.69, 9.17) is 19.7 Å². The molecule has 0 bridgehead atoms. The van der Waals surface area contributed by atoms with E-state index in [-0.39, 0.29) is 12.0 Å². The van der Waals surface area contributed by atoms with E-state index in [1.54, 1.807) is 23.2 Å². The second kappa shape index (κ2) is 10.1. The maximum atomic E-state index is 12.3. The summed E-state index contributed by atoms with van der Waals surface area (Å²) in [6.45, 7) is 9.32. The van der Waals surface area contributed by atoms with E-state index in [1.807, 2.05) is 64.1 Å². The molecule has 1 aliphatic heterocycles. The summed E-state index contributed by atoms with van der Waals surface area (Å²) in [4.78, 5) is 23.5. The molecule has 1 saturated heterocycles. The number of nitrogens with zero attached hydrogens (tertiary/aromatic N) is 4. The minimum absolute atomic E-state index is 0.194. The summed E-state index contributed by atoms with van der Waals surface area (Å²) in [5.41, 5.74) is 4.49. The molecule has 0 N–H and O–H groups in total. The number of hydrogen-bond acceptors (Lipinski definition) is 6. The lowest BCUT2D eigenvalue weighted by Gasteiger charge is -2.24. The van der Waals surface area contributed by atoms with Gasteiger partial charge in [-0.15, -0.1) is 0 Å². The van der Waals surface area contributed by atoms with Crippen LogP contribution in [0.4, 0.5) is 4.79 Å². The number of nitriles is 1. The molecule has 1 aliphatic rings. The van der Waals surface area contributed by atoms with E-state index < -0.39 is 5.60 Å². The smallest absolute Gasteiger partial charge is 0.410 e. The van der Waals surface area contributed by atoms with Gasteiger partial charge in [0.25, 0.3) is 0 Å². The molecular formula is C28H30N4O3. The number of hydrogen-bond donors (Lipinski definition) is 0. The molecule has 0 aliphatic carbocycles. The summed E-state index contributed by atoms with van der Waals surface area (Å²) in [5.74, 6) is 0.621. The Balaban J connectivity index is 1.51. The number of benzene rings is 2. The van der Waals surface area contributed by atoms with Crippen molar-refractivity contribution in [1.82, 2.24) is 14.9 Å². The van der Waals surface area contributed by atoms with Gasteiger partial charge >= 0.3 is 6.09 Å². The van der Waals surface area contributed by atoms with Crippen LogP contribution in [0.5, 0.6) is 5.88 Å². The maximum absolute atomic E-state index is 12.3. The fourth-order valence-corrected chi connectivity index (χ4v) is 3.93. The van der Waals surface area contributed by atoms with Crippen molar-refractivity contribution >= 4 is 6.09 Å². The zero-order valence-electron chi connectivity index (χ0n) is 20.6. The molecule has 0 saturated carbocycles. The lowest BCUT2D eigenvalue weighted by atomic mass is 10.0. The van der Waals surface area contributed by atoms with Crippen LogP contribution in [0.2, 0.25) is 0 Å². The zero-order valence-corrected chi connectivity index (χ0v) is 20.6. The van der Waals surface area contributed by atoms with Crippen molar-refractivity contribution in [2.75, 3.05) is 19.7 Å². The maximum Gasteiger partial charge on any atom is 0.410 e. The average Bonchev–Trinajstić information content (AvgIpc) is 3.32. The molecule has 180 valence electrons. The Hall–Kier alpha value is -3.92. The molecule has 1 fully saturated rings. The van der Waals surface area contributed by atoms with Gasteiger partial charge in [0.05, 0.1) is 30.1 Å². The summed E-state index contributed by atoms with van der Waals surface area (Å²) in [6.07, 6.45) is 2.20. The van der Waals surface area contributed by atoms with Gasteiger partial charge in [-0.2, -0.15) is 5.26 Å². The Morgan fingerprint density at radius 2 is 1.74 bits per heavy atom. The average molecular weight is 471 g/mol. The van der Waals surface area contributed by atoms with Crippen molar-refractivity contribution in [3.05, 3.63) is 65.9 Å². The monoisotopic (exact) mass is 470 g/mol. The summed E-state index contributed by atoms with van der Waals surface area (Å²) in [5, 5.41) is 9.15. The molecule has 3 aromatic rings. The highest BCUT2D eigenvalue weighted by Gasteiger charge is 2.30. The molecule has 1 aromatic heterocycles. The third kappa shape index (κ3) is 6.15. The van der Waals surface area contributed by atoms with Crippen LogP contribution in [-0.4, -0.2) is 46.3 Å². The van der Waals surface area contributed by atoms with Gasteiger partial charge < -0.3 is 14.4 Å². The topological polar surface area (TPSA) is 88.3 Å². The number of amides is 1. The lowest BCUT2D eigenvalue weighted by Crippen LogP contribution is -2.35. The molecule has 0 unspecified atom stereocenters. The van der Waals surface area contributed by atoms with Crippen molar-refractivity contribution in [3.8, 4) is 34.5 Å². The number of carbonyl (C=O) groups is 1. The van der Waals surface area contributed by atoms with Crippen molar-refractivity contribution in [2.45, 2.75) is 39.7 Å². The molecule has 1 atom stereocenters. The SMILES string of the molecule is Cc1ccc(-c2ncc(OC[C@@H]3CCN(C(=O)OC(C)(C)C)C3)nc2-c2ccc(C#N)cc2)cc1. The third-order valence-corrected chi connectivity index (χ3v) is 5.77. The van der Waals surface area contributed by atoms with Crippen molar-refractivity contribution in [3.63, 3.8) is 0 Å². The van der Waals surface area contributed by atoms with E-state index in [9.17, 15) is 4.79 Å². The van der Waals surface area contributed by atoms with Crippen LogP contribution in [-0.2, 0) is 4.74 Å². The second-order valence-electron chi connectivity index (χ2n) is 9.85. The molecule has 35 heavy (non-hydrogen) atoms. The fraction of sp³-hybridized carbons (Fsp3) is 0.357. The van der Waals surface area contributed by atoms with Gasteiger partial charge in [0, 0.05) is 30.1 Å². The predicted octanol–water partition coefficient (Wildman–Crippen LogP) is 5.63. The Labute approximate surface area is 206 Å². The van der Waals surface area contributed by atoms with Gasteiger partial charge in [-0.25, -0.2) is 14.8 Å². The first-order valence-corrected chi connectivity index (χ1v) is 11.8. The Morgan fingerprint density at radius 3 is 2.40 bits per heavy atom. The summed E-state index contributed by atoms with van der Waals surface area (Å²) < 4.78 is 11.5. The molecule has 7 heteroatoms. The molecule has 2 aromatic carbocycles. The number of rotatable bonds is 5. The molecule has 4 rings (SSSR count). The van der Waals surface area contributed by atoms with Crippen LogP contribution >= 0.6 is 0 Å². The molecule has 7 nitrogen and oxygen atoms in total. The molecular weight excluding hydrogens is 440 g/mol. The number of carbonyl (C=O) groups excluding carboxylic acids is 1. The molecule has 2 heterocycles. The van der Waals surface area contributed by atoms with Crippen LogP contribution in [0.25, 0.3) is 22.5 Å². The quantitative estimate of drug-likeness (QED) is 0.480. The highest BCUT2D eigenvalue weighted by Crippen LogP contribution is 2.31. The van der Waals surface area contributed by atoms with Gasteiger partial charge in [-0.3, -0.25) is 0 Å². The highest BCUT2D eigenvalue weighted by molar-refractivity contribution is 5.78. The van der Waals surface area contributed by atoms with Gasteiger partial charge in [-0.05, 0) is 46.2 Å². The van der Waals surface area contributed by atoms with Crippen LogP contribution in [0, 0.1) is 24.2 Å². The minimum atomic E-state index is -0.512. The van der Waals surface area contributed by atoms with Gasteiger partial charge in [-0.1, -0.05) is 42.0 Å². The first-order valence-electron chi connectivity index (χ1n) is 11.8. The zero-order chi connectivity index (χ0) is 25.0. The second-order valence-corrected chi connectivity index (χ2v) is 9.85. The largest absolute Gasteiger partial charge is 0.476 e. The Kier molecular flexibility index (Phi) is 7.02. The minimum Gasteiger partial charge on any atom is -0.476 e. The fourth-order valence-electron chi connectivity index (χ4n) is 3.93.